The number of nitrogens with one attached hydrogen (secondary N) is 1. The summed E-state index contributed by atoms with van der Waals surface area (Å²) in [6, 6.07) is 5.77. The van der Waals surface area contributed by atoms with Crippen molar-refractivity contribution < 1.29 is 4.39 Å². The van der Waals surface area contributed by atoms with Gasteiger partial charge in [-0.15, -0.1) is 0 Å². The highest BCUT2D eigenvalue weighted by Crippen LogP contribution is 2.32. The Bertz CT molecular complexity index is 402. The van der Waals surface area contributed by atoms with E-state index in [1.807, 2.05) is 26.1 Å². The number of hydrogen-bond acceptors (Lipinski definition) is 2. The van der Waals surface area contributed by atoms with Crippen molar-refractivity contribution in [1.82, 2.24) is 10.2 Å². The zero-order chi connectivity index (χ0) is 14.6. The summed E-state index contributed by atoms with van der Waals surface area (Å²) >= 11 is 0. The lowest BCUT2D eigenvalue weighted by Gasteiger charge is -2.35. The maximum Gasteiger partial charge on any atom is 0.126 e. The molecule has 0 aliphatic carbocycles. The van der Waals surface area contributed by atoms with Crippen LogP contribution in [-0.2, 0) is 0 Å². The molecule has 19 heavy (non-hydrogen) atoms. The van der Waals surface area contributed by atoms with Gasteiger partial charge in [0.25, 0.3) is 0 Å². The standard InChI is InChI=1S/C16H27FN2/c1-11(2)14(10-18-4)16(19(5)6)13-7-8-15(17)12(3)9-13/h7-9,11,14,16,18H,10H2,1-6H3. The highest BCUT2D eigenvalue weighted by atomic mass is 19.1. The Morgan fingerprint density at radius 2 is 1.89 bits per heavy atom. The van der Waals surface area contributed by atoms with Crippen molar-refractivity contribution in [3.05, 3.63) is 35.1 Å². The molecule has 1 rings (SSSR count). The van der Waals surface area contributed by atoms with Crippen molar-refractivity contribution in [2.45, 2.75) is 26.8 Å². The molecule has 0 aliphatic heterocycles. The average molecular weight is 266 g/mol. The van der Waals surface area contributed by atoms with Crippen LogP contribution in [0.5, 0.6) is 0 Å². The monoisotopic (exact) mass is 266 g/mol. The summed E-state index contributed by atoms with van der Waals surface area (Å²) in [5.41, 5.74) is 1.91. The highest BCUT2D eigenvalue weighted by molar-refractivity contribution is 5.27. The van der Waals surface area contributed by atoms with E-state index in [9.17, 15) is 4.39 Å². The molecule has 0 saturated heterocycles. The van der Waals surface area contributed by atoms with Gasteiger partial charge in [0.15, 0.2) is 0 Å². The Morgan fingerprint density at radius 1 is 1.26 bits per heavy atom. The largest absolute Gasteiger partial charge is 0.319 e. The molecule has 0 aromatic heterocycles. The van der Waals surface area contributed by atoms with Crippen LogP contribution in [0.25, 0.3) is 0 Å². The third kappa shape index (κ3) is 4.02. The van der Waals surface area contributed by atoms with Crippen LogP contribution >= 0.6 is 0 Å². The summed E-state index contributed by atoms with van der Waals surface area (Å²) in [4.78, 5) is 2.23. The van der Waals surface area contributed by atoms with Gasteiger partial charge < -0.3 is 10.2 Å². The van der Waals surface area contributed by atoms with Crippen molar-refractivity contribution >= 4 is 0 Å². The molecule has 0 saturated carbocycles. The molecule has 108 valence electrons. The van der Waals surface area contributed by atoms with Gasteiger partial charge in [-0.3, -0.25) is 0 Å². The van der Waals surface area contributed by atoms with Crippen LogP contribution in [0.2, 0.25) is 0 Å². The molecule has 2 atom stereocenters. The fraction of sp³-hybridized carbons (Fsp3) is 0.625. The Morgan fingerprint density at radius 3 is 2.32 bits per heavy atom. The second-order valence-corrected chi connectivity index (χ2v) is 5.88. The summed E-state index contributed by atoms with van der Waals surface area (Å²) in [6.07, 6.45) is 0. The van der Waals surface area contributed by atoms with E-state index in [4.69, 9.17) is 0 Å². The number of nitrogens with zero attached hydrogens (tertiary/aromatic N) is 1. The highest BCUT2D eigenvalue weighted by Gasteiger charge is 2.27. The lowest BCUT2D eigenvalue weighted by molar-refractivity contribution is 0.169. The molecule has 1 aromatic rings. The average Bonchev–Trinajstić information content (AvgIpc) is 2.32. The molecule has 0 heterocycles. The summed E-state index contributed by atoms with van der Waals surface area (Å²) in [5, 5.41) is 3.28. The fourth-order valence-corrected chi connectivity index (χ4v) is 2.73. The van der Waals surface area contributed by atoms with Crippen LogP contribution in [0.4, 0.5) is 4.39 Å². The number of hydrogen-bond donors (Lipinski definition) is 1. The summed E-state index contributed by atoms with van der Waals surface area (Å²) in [6.45, 7) is 7.27. The van der Waals surface area contributed by atoms with Gasteiger partial charge in [-0.2, -0.15) is 0 Å². The molecule has 1 N–H and O–H groups in total. The Balaban J connectivity index is 3.14. The SMILES string of the molecule is CNCC(C(C)C)C(c1ccc(F)c(C)c1)N(C)C. The predicted octanol–water partition coefficient (Wildman–Crippen LogP) is 3.23. The van der Waals surface area contributed by atoms with Crippen molar-refractivity contribution in [3.8, 4) is 0 Å². The zero-order valence-corrected chi connectivity index (χ0v) is 13.0. The van der Waals surface area contributed by atoms with Gasteiger partial charge in [-0.25, -0.2) is 4.39 Å². The third-order valence-electron chi connectivity index (χ3n) is 3.78. The molecule has 3 heteroatoms. The maximum atomic E-state index is 13.4. The van der Waals surface area contributed by atoms with E-state index in [1.54, 1.807) is 6.07 Å². The van der Waals surface area contributed by atoms with Gasteiger partial charge >= 0.3 is 0 Å². The molecule has 2 unspecified atom stereocenters. The second kappa shape index (κ2) is 7.01. The van der Waals surface area contributed by atoms with Crippen LogP contribution in [0, 0.1) is 24.6 Å². The number of halogens is 1. The van der Waals surface area contributed by atoms with E-state index in [2.05, 4.69) is 38.2 Å². The molecule has 1 aromatic carbocycles. The van der Waals surface area contributed by atoms with E-state index in [0.29, 0.717) is 17.9 Å². The van der Waals surface area contributed by atoms with E-state index >= 15 is 0 Å². The van der Waals surface area contributed by atoms with Gasteiger partial charge in [0, 0.05) is 6.04 Å². The minimum Gasteiger partial charge on any atom is -0.319 e. The summed E-state index contributed by atoms with van der Waals surface area (Å²) in [5.74, 6) is 0.922. The summed E-state index contributed by atoms with van der Waals surface area (Å²) in [7, 11) is 6.17. The number of rotatable bonds is 6. The number of aryl methyl sites for hydroxylation is 1. The van der Waals surface area contributed by atoms with E-state index in [1.165, 1.54) is 5.56 Å². The first kappa shape index (κ1) is 16.1. The van der Waals surface area contributed by atoms with Crippen LogP contribution in [0.15, 0.2) is 18.2 Å². The molecular weight excluding hydrogens is 239 g/mol. The first-order valence-corrected chi connectivity index (χ1v) is 6.95. The molecule has 2 nitrogen and oxygen atoms in total. The van der Waals surface area contributed by atoms with Gasteiger partial charge in [-0.1, -0.05) is 26.0 Å². The van der Waals surface area contributed by atoms with Crippen LogP contribution in [0.3, 0.4) is 0 Å². The normalized spacial score (nSPS) is 15.0. The molecule has 0 radical (unpaired) electrons. The van der Waals surface area contributed by atoms with Gasteiger partial charge in [0.05, 0.1) is 0 Å². The third-order valence-corrected chi connectivity index (χ3v) is 3.78. The van der Waals surface area contributed by atoms with Gasteiger partial charge in [0.2, 0.25) is 0 Å². The summed E-state index contributed by atoms with van der Waals surface area (Å²) < 4.78 is 13.4. The molecule has 0 amide bonds. The lowest BCUT2D eigenvalue weighted by Crippen LogP contribution is -2.36. The topological polar surface area (TPSA) is 15.3 Å². The molecular formula is C16H27FN2. The molecule has 0 fully saturated rings. The maximum absolute atomic E-state index is 13.4. The fourth-order valence-electron chi connectivity index (χ4n) is 2.73. The van der Waals surface area contributed by atoms with Crippen molar-refractivity contribution in [2.24, 2.45) is 11.8 Å². The zero-order valence-electron chi connectivity index (χ0n) is 13.0. The van der Waals surface area contributed by atoms with Crippen molar-refractivity contribution in [1.29, 1.82) is 0 Å². The Labute approximate surface area is 117 Å². The first-order valence-electron chi connectivity index (χ1n) is 6.95. The van der Waals surface area contributed by atoms with Gasteiger partial charge in [-0.05, 0) is 63.6 Å². The Kier molecular flexibility index (Phi) is 5.95. The quantitative estimate of drug-likeness (QED) is 0.850. The van der Waals surface area contributed by atoms with Gasteiger partial charge in [0.1, 0.15) is 5.82 Å². The number of benzene rings is 1. The van der Waals surface area contributed by atoms with Crippen molar-refractivity contribution in [2.75, 3.05) is 27.7 Å². The van der Waals surface area contributed by atoms with Crippen LogP contribution in [0.1, 0.15) is 31.0 Å². The second-order valence-electron chi connectivity index (χ2n) is 5.88. The molecule has 0 spiro atoms. The van der Waals surface area contributed by atoms with E-state index in [-0.39, 0.29) is 5.82 Å². The molecule has 0 bridgehead atoms. The van der Waals surface area contributed by atoms with E-state index < -0.39 is 0 Å². The first-order chi connectivity index (χ1) is 8.88. The smallest absolute Gasteiger partial charge is 0.126 e. The minimum atomic E-state index is -0.129. The van der Waals surface area contributed by atoms with E-state index in [0.717, 1.165) is 12.1 Å². The Hall–Kier alpha value is -0.930. The van der Waals surface area contributed by atoms with Crippen molar-refractivity contribution in [3.63, 3.8) is 0 Å². The van der Waals surface area contributed by atoms with Crippen LogP contribution in [-0.4, -0.2) is 32.6 Å². The molecule has 0 aliphatic rings. The lowest BCUT2D eigenvalue weighted by atomic mass is 9.83. The predicted molar refractivity (Wildman–Crippen MR) is 79.8 cm³/mol. The minimum absolute atomic E-state index is 0.129. The van der Waals surface area contributed by atoms with Crippen LogP contribution < -0.4 is 5.32 Å².